The van der Waals surface area contributed by atoms with E-state index in [0.717, 1.165) is 40.6 Å². The maximum atomic E-state index is 13.0. The van der Waals surface area contributed by atoms with Crippen LogP contribution in [0.2, 0.25) is 5.02 Å². The number of amides is 1. The highest BCUT2D eigenvalue weighted by Gasteiger charge is 2.22. The lowest BCUT2D eigenvalue weighted by atomic mass is 10.0. The molecule has 0 bridgehead atoms. The molecular weight excluding hydrogens is 360 g/mol. The van der Waals surface area contributed by atoms with E-state index in [0.29, 0.717) is 10.8 Å². The van der Waals surface area contributed by atoms with Crippen molar-refractivity contribution in [1.82, 2.24) is 10.2 Å². The van der Waals surface area contributed by atoms with E-state index in [1.54, 1.807) is 0 Å². The van der Waals surface area contributed by atoms with Gasteiger partial charge < -0.3 is 14.6 Å². The number of carbonyl (C=O) groups excluding carboxylic acids is 1. The third-order valence-electron chi connectivity index (χ3n) is 4.74. The number of halogens is 1. The summed E-state index contributed by atoms with van der Waals surface area (Å²) in [7, 11) is 4.04. The van der Waals surface area contributed by atoms with Crippen molar-refractivity contribution in [3.05, 3.63) is 69.9 Å². The molecule has 0 fully saturated rings. The van der Waals surface area contributed by atoms with Crippen molar-refractivity contribution < 1.29 is 9.21 Å². The van der Waals surface area contributed by atoms with Crippen LogP contribution < -0.4 is 5.32 Å². The van der Waals surface area contributed by atoms with E-state index in [-0.39, 0.29) is 11.9 Å². The SMILES string of the molecule is Cc1ccc2c(C)c(C(=O)NC(CCN(C)C)c3ccc(Cl)cc3)oc2c1. The zero-order valence-corrected chi connectivity index (χ0v) is 16.9. The van der Waals surface area contributed by atoms with E-state index in [2.05, 4.69) is 10.2 Å². The number of benzene rings is 2. The summed E-state index contributed by atoms with van der Waals surface area (Å²) in [5, 5.41) is 4.79. The van der Waals surface area contributed by atoms with Crippen LogP contribution in [-0.2, 0) is 0 Å². The van der Waals surface area contributed by atoms with E-state index in [9.17, 15) is 4.79 Å². The van der Waals surface area contributed by atoms with Gasteiger partial charge in [-0.3, -0.25) is 4.79 Å². The number of carbonyl (C=O) groups is 1. The predicted molar refractivity (Wildman–Crippen MR) is 111 cm³/mol. The Morgan fingerprint density at radius 1 is 1.15 bits per heavy atom. The van der Waals surface area contributed by atoms with Crippen LogP contribution in [0.25, 0.3) is 11.0 Å². The number of hydrogen-bond acceptors (Lipinski definition) is 3. The Morgan fingerprint density at radius 3 is 2.52 bits per heavy atom. The molecule has 1 aromatic heterocycles. The molecule has 27 heavy (non-hydrogen) atoms. The highest BCUT2D eigenvalue weighted by Crippen LogP contribution is 2.27. The van der Waals surface area contributed by atoms with E-state index in [4.69, 9.17) is 16.0 Å². The van der Waals surface area contributed by atoms with Crippen LogP contribution in [0.5, 0.6) is 0 Å². The van der Waals surface area contributed by atoms with E-state index in [1.807, 2.05) is 70.4 Å². The zero-order valence-electron chi connectivity index (χ0n) is 16.2. The third-order valence-corrected chi connectivity index (χ3v) is 4.99. The van der Waals surface area contributed by atoms with Gasteiger partial charge in [-0.1, -0.05) is 35.9 Å². The summed E-state index contributed by atoms with van der Waals surface area (Å²) in [4.78, 5) is 15.1. The Balaban J connectivity index is 1.87. The molecule has 4 nitrogen and oxygen atoms in total. The van der Waals surface area contributed by atoms with Crippen LogP contribution in [0.4, 0.5) is 0 Å². The lowest BCUT2D eigenvalue weighted by molar-refractivity contribution is 0.0906. The molecular formula is C22H25ClN2O2. The van der Waals surface area contributed by atoms with Gasteiger partial charge in [0, 0.05) is 16.0 Å². The van der Waals surface area contributed by atoms with E-state index in [1.165, 1.54) is 0 Å². The molecule has 0 saturated heterocycles. The van der Waals surface area contributed by atoms with Crippen molar-refractivity contribution in [1.29, 1.82) is 0 Å². The number of rotatable bonds is 6. The van der Waals surface area contributed by atoms with Gasteiger partial charge in [0.15, 0.2) is 5.76 Å². The Morgan fingerprint density at radius 2 is 1.85 bits per heavy atom. The van der Waals surface area contributed by atoms with Crippen LogP contribution >= 0.6 is 11.6 Å². The van der Waals surface area contributed by atoms with Gasteiger partial charge in [-0.25, -0.2) is 0 Å². The molecule has 0 aliphatic rings. The molecule has 2 aromatic carbocycles. The minimum atomic E-state index is -0.194. The summed E-state index contributed by atoms with van der Waals surface area (Å²) >= 11 is 6.01. The smallest absolute Gasteiger partial charge is 0.287 e. The van der Waals surface area contributed by atoms with Crippen molar-refractivity contribution in [3.8, 4) is 0 Å². The minimum absolute atomic E-state index is 0.119. The minimum Gasteiger partial charge on any atom is -0.451 e. The zero-order chi connectivity index (χ0) is 19.6. The van der Waals surface area contributed by atoms with Gasteiger partial charge in [0.25, 0.3) is 5.91 Å². The Labute approximate surface area is 165 Å². The molecule has 1 atom stereocenters. The second-order valence-electron chi connectivity index (χ2n) is 7.23. The summed E-state index contributed by atoms with van der Waals surface area (Å²) in [5.41, 5.74) is 3.74. The lowest BCUT2D eigenvalue weighted by Gasteiger charge is -2.21. The first-order valence-corrected chi connectivity index (χ1v) is 9.43. The predicted octanol–water partition coefficient (Wildman–Crippen LogP) is 5.13. The molecule has 5 heteroatoms. The van der Waals surface area contributed by atoms with Crippen molar-refractivity contribution in [2.45, 2.75) is 26.3 Å². The molecule has 3 rings (SSSR count). The van der Waals surface area contributed by atoms with E-state index >= 15 is 0 Å². The van der Waals surface area contributed by atoms with E-state index < -0.39 is 0 Å². The second kappa shape index (κ2) is 8.15. The number of aryl methyl sites for hydroxylation is 2. The summed E-state index contributed by atoms with van der Waals surface area (Å²) in [6.07, 6.45) is 0.790. The molecule has 0 aliphatic heterocycles. The lowest BCUT2D eigenvalue weighted by Crippen LogP contribution is -2.31. The molecule has 1 heterocycles. The van der Waals surface area contributed by atoms with Crippen molar-refractivity contribution >= 4 is 28.5 Å². The summed E-state index contributed by atoms with van der Waals surface area (Å²) in [6, 6.07) is 13.5. The first-order chi connectivity index (χ1) is 12.8. The maximum absolute atomic E-state index is 13.0. The highest BCUT2D eigenvalue weighted by atomic mass is 35.5. The fourth-order valence-electron chi connectivity index (χ4n) is 3.18. The molecule has 1 unspecified atom stereocenters. The normalized spacial score (nSPS) is 12.5. The number of fused-ring (bicyclic) bond motifs is 1. The average Bonchev–Trinajstić information content (AvgIpc) is 2.95. The van der Waals surface area contributed by atoms with Crippen molar-refractivity contribution in [2.75, 3.05) is 20.6 Å². The van der Waals surface area contributed by atoms with Crippen LogP contribution in [0, 0.1) is 13.8 Å². The molecule has 0 spiro atoms. The van der Waals surface area contributed by atoms with Gasteiger partial charge in [0.05, 0.1) is 6.04 Å². The fourth-order valence-corrected chi connectivity index (χ4v) is 3.30. The van der Waals surface area contributed by atoms with Crippen LogP contribution in [0.1, 0.15) is 39.7 Å². The Hall–Kier alpha value is -2.30. The third kappa shape index (κ3) is 4.52. The molecule has 142 valence electrons. The molecule has 1 amide bonds. The first kappa shape index (κ1) is 19.5. The largest absolute Gasteiger partial charge is 0.451 e. The van der Waals surface area contributed by atoms with Crippen LogP contribution in [0.15, 0.2) is 46.9 Å². The first-order valence-electron chi connectivity index (χ1n) is 9.06. The average molecular weight is 385 g/mol. The number of nitrogens with zero attached hydrogens (tertiary/aromatic N) is 1. The van der Waals surface area contributed by atoms with Crippen molar-refractivity contribution in [2.24, 2.45) is 0 Å². The van der Waals surface area contributed by atoms with Crippen molar-refractivity contribution in [3.63, 3.8) is 0 Å². The van der Waals surface area contributed by atoms with Gasteiger partial charge in [0.1, 0.15) is 5.58 Å². The second-order valence-corrected chi connectivity index (χ2v) is 7.66. The quantitative estimate of drug-likeness (QED) is 0.641. The molecule has 0 aliphatic carbocycles. The topological polar surface area (TPSA) is 45.5 Å². The monoisotopic (exact) mass is 384 g/mol. The maximum Gasteiger partial charge on any atom is 0.287 e. The number of hydrogen-bond donors (Lipinski definition) is 1. The molecule has 1 N–H and O–H groups in total. The Bertz CT molecular complexity index is 945. The molecule has 3 aromatic rings. The summed E-state index contributed by atoms with van der Waals surface area (Å²) in [5.74, 6) is 0.180. The summed E-state index contributed by atoms with van der Waals surface area (Å²) < 4.78 is 5.88. The molecule has 0 radical (unpaired) electrons. The number of nitrogens with one attached hydrogen (secondary N) is 1. The van der Waals surface area contributed by atoms with Gasteiger partial charge in [0.2, 0.25) is 0 Å². The van der Waals surface area contributed by atoms with Crippen LogP contribution in [0.3, 0.4) is 0 Å². The summed E-state index contributed by atoms with van der Waals surface area (Å²) in [6.45, 7) is 4.79. The van der Waals surface area contributed by atoms with Gasteiger partial charge in [-0.05, 0) is 70.2 Å². The van der Waals surface area contributed by atoms with Crippen LogP contribution in [-0.4, -0.2) is 31.4 Å². The Kier molecular flexibility index (Phi) is 5.88. The fraction of sp³-hybridized carbons (Fsp3) is 0.318. The highest BCUT2D eigenvalue weighted by molar-refractivity contribution is 6.30. The standard InChI is InChI=1S/C22H25ClN2O2/c1-14-5-10-18-15(2)21(27-20(18)13-14)22(26)24-19(11-12-25(3)4)16-6-8-17(23)9-7-16/h5-10,13,19H,11-12H2,1-4H3,(H,24,26). The van der Waals surface area contributed by atoms with Gasteiger partial charge >= 0.3 is 0 Å². The molecule has 0 saturated carbocycles. The number of furan rings is 1. The van der Waals surface area contributed by atoms with Gasteiger partial charge in [-0.15, -0.1) is 0 Å². The van der Waals surface area contributed by atoms with Gasteiger partial charge in [-0.2, -0.15) is 0 Å².